The molecule has 0 radical (unpaired) electrons. The van der Waals surface area contributed by atoms with Crippen molar-refractivity contribution in [1.82, 2.24) is 9.80 Å². The zero-order chi connectivity index (χ0) is 30.1. The summed E-state index contributed by atoms with van der Waals surface area (Å²) in [5.41, 5.74) is 7.74. The molecule has 0 aliphatic carbocycles. The van der Waals surface area contributed by atoms with E-state index in [1.54, 1.807) is 90.4 Å². The Balaban J connectivity index is 1.52. The summed E-state index contributed by atoms with van der Waals surface area (Å²) >= 11 is 0. The highest BCUT2D eigenvalue weighted by molar-refractivity contribution is 5.96. The topological polar surface area (TPSA) is 144 Å². The van der Waals surface area contributed by atoms with Crippen LogP contribution in [0.25, 0.3) is 0 Å². The molecule has 0 atom stereocenters. The number of nitrogens with one attached hydrogen (secondary N) is 1. The first-order valence-electron chi connectivity index (χ1n) is 13.6. The molecule has 1 heterocycles. The summed E-state index contributed by atoms with van der Waals surface area (Å²) in [5, 5.41) is 7.58. The van der Waals surface area contributed by atoms with E-state index in [0.29, 0.717) is 73.3 Å². The van der Waals surface area contributed by atoms with Crippen molar-refractivity contribution < 1.29 is 33.3 Å². The second kappa shape index (κ2) is 14.0. The Morgan fingerprint density at radius 3 is 1.95 bits per heavy atom. The predicted octanol–water partition coefficient (Wildman–Crippen LogP) is 4.43. The normalized spacial score (nSPS) is 12.8. The van der Waals surface area contributed by atoms with Gasteiger partial charge in [-0.05, 0) is 67.9 Å². The summed E-state index contributed by atoms with van der Waals surface area (Å²) in [6.07, 6.45) is -0.387. The first-order chi connectivity index (χ1) is 20.3. The molecule has 2 amide bonds. The summed E-state index contributed by atoms with van der Waals surface area (Å²) in [4.78, 5) is 40.8. The van der Waals surface area contributed by atoms with Crippen LogP contribution in [0.15, 0.2) is 66.7 Å². The Hall–Kier alpha value is -5.06. The largest absolute Gasteiger partial charge is 0.489 e. The van der Waals surface area contributed by atoms with Gasteiger partial charge in [-0.2, -0.15) is 0 Å². The molecule has 4 rings (SSSR count). The van der Waals surface area contributed by atoms with E-state index in [0.717, 1.165) is 5.56 Å². The number of amidine groups is 1. The Bertz CT molecular complexity index is 1420. The van der Waals surface area contributed by atoms with Gasteiger partial charge in [0.2, 0.25) is 0 Å². The highest BCUT2D eigenvalue weighted by Gasteiger charge is 2.26. The fourth-order valence-corrected chi connectivity index (χ4v) is 4.28. The van der Waals surface area contributed by atoms with E-state index < -0.39 is 5.97 Å². The van der Waals surface area contributed by atoms with Crippen molar-refractivity contribution >= 4 is 23.8 Å². The molecule has 220 valence electrons. The van der Waals surface area contributed by atoms with Gasteiger partial charge in [0.1, 0.15) is 29.7 Å². The van der Waals surface area contributed by atoms with E-state index in [-0.39, 0.29) is 24.4 Å². The second-order valence-corrected chi connectivity index (χ2v) is 9.42. The van der Waals surface area contributed by atoms with Crippen LogP contribution in [-0.2, 0) is 16.1 Å². The third-order valence-electron chi connectivity index (χ3n) is 6.49. The average molecular weight is 575 g/mol. The molecule has 0 saturated carbocycles. The monoisotopic (exact) mass is 574 g/mol. The van der Waals surface area contributed by atoms with E-state index in [1.807, 2.05) is 0 Å². The molecule has 11 heteroatoms. The number of carbonyl (C=O) groups excluding carboxylic acids is 3. The number of nitrogens with zero attached hydrogens (tertiary/aromatic N) is 2. The molecule has 0 spiro atoms. The fraction of sp³-hybridized carbons (Fsp3) is 0.290. The van der Waals surface area contributed by atoms with Gasteiger partial charge in [0, 0.05) is 43.4 Å². The number of ether oxygens (including phenoxy) is 4. The summed E-state index contributed by atoms with van der Waals surface area (Å²) in [6, 6.07) is 18.6. The van der Waals surface area contributed by atoms with Crippen LogP contribution in [0.3, 0.4) is 0 Å². The van der Waals surface area contributed by atoms with Gasteiger partial charge in [0.15, 0.2) is 0 Å². The van der Waals surface area contributed by atoms with Crippen molar-refractivity contribution in [2.45, 2.75) is 20.5 Å². The van der Waals surface area contributed by atoms with Gasteiger partial charge in [-0.3, -0.25) is 10.2 Å². The number of hydrogen-bond donors (Lipinski definition) is 2. The van der Waals surface area contributed by atoms with Gasteiger partial charge in [0.25, 0.3) is 5.91 Å². The molecule has 1 aliphatic rings. The molecule has 1 fully saturated rings. The quantitative estimate of drug-likeness (QED) is 0.206. The van der Waals surface area contributed by atoms with Crippen LogP contribution in [0.2, 0.25) is 0 Å². The molecule has 3 aromatic rings. The van der Waals surface area contributed by atoms with Crippen LogP contribution < -0.4 is 15.2 Å². The molecule has 1 aliphatic heterocycles. The number of benzene rings is 3. The third kappa shape index (κ3) is 7.78. The zero-order valence-electron chi connectivity index (χ0n) is 23.6. The SMILES string of the molecule is CCOC(=O)c1ccc(COc2cc(Oc3ccc(C(=N)N)cc3)cc(C(=O)N3CCN(C(=O)OCC)CC3)c2)cc1. The van der Waals surface area contributed by atoms with Crippen LogP contribution in [0.5, 0.6) is 17.2 Å². The van der Waals surface area contributed by atoms with E-state index in [1.165, 1.54) is 0 Å². The van der Waals surface area contributed by atoms with Gasteiger partial charge in [-0.15, -0.1) is 0 Å². The van der Waals surface area contributed by atoms with E-state index >= 15 is 0 Å². The second-order valence-electron chi connectivity index (χ2n) is 9.42. The molecule has 3 N–H and O–H groups in total. The van der Waals surface area contributed by atoms with Gasteiger partial charge >= 0.3 is 12.1 Å². The molecular formula is C31H34N4O7. The predicted molar refractivity (Wildman–Crippen MR) is 155 cm³/mol. The lowest BCUT2D eigenvalue weighted by molar-refractivity contribution is 0.0526. The van der Waals surface area contributed by atoms with E-state index in [2.05, 4.69) is 0 Å². The maximum atomic E-state index is 13.5. The van der Waals surface area contributed by atoms with Crippen LogP contribution in [-0.4, -0.2) is 73.0 Å². The molecule has 0 aromatic heterocycles. The van der Waals surface area contributed by atoms with Gasteiger partial charge in [-0.25, -0.2) is 9.59 Å². The minimum atomic E-state index is -0.391. The zero-order valence-corrected chi connectivity index (χ0v) is 23.6. The van der Waals surface area contributed by atoms with Crippen molar-refractivity contribution in [3.8, 4) is 17.2 Å². The lowest BCUT2D eigenvalue weighted by atomic mass is 10.1. The first kappa shape index (κ1) is 29.9. The molecule has 0 unspecified atom stereocenters. The maximum Gasteiger partial charge on any atom is 0.409 e. The lowest BCUT2D eigenvalue weighted by Crippen LogP contribution is -2.50. The standard InChI is InChI=1S/C31H34N4O7/c1-3-39-30(37)23-7-5-21(6-8-23)20-41-26-17-24(29(36)34-13-15-35(16-14-34)31(38)40-4-2)18-27(19-26)42-25-11-9-22(10-12-25)28(32)33/h5-12,17-19H,3-4,13-16,20H2,1-2H3,(H3,32,33). The average Bonchev–Trinajstić information content (AvgIpc) is 3.00. The molecule has 3 aromatic carbocycles. The van der Waals surface area contributed by atoms with Crippen molar-refractivity contribution in [3.05, 3.63) is 89.0 Å². The van der Waals surface area contributed by atoms with E-state index in [4.69, 9.17) is 30.1 Å². The summed E-state index contributed by atoms with van der Waals surface area (Å²) in [6.45, 7) is 5.74. The Morgan fingerprint density at radius 2 is 1.33 bits per heavy atom. The Labute approximate surface area is 244 Å². The van der Waals surface area contributed by atoms with Gasteiger partial charge in [0.05, 0.1) is 18.8 Å². The van der Waals surface area contributed by atoms with Crippen LogP contribution in [0.4, 0.5) is 4.79 Å². The third-order valence-corrected chi connectivity index (χ3v) is 6.49. The molecule has 1 saturated heterocycles. The van der Waals surface area contributed by atoms with Crippen molar-refractivity contribution in [1.29, 1.82) is 5.41 Å². The van der Waals surface area contributed by atoms with Crippen molar-refractivity contribution in [3.63, 3.8) is 0 Å². The Kier molecular flexibility index (Phi) is 9.99. The molecule has 11 nitrogen and oxygen atoms in total. The van der Waals surface area contributed by atoms with Crippen LogP contribution in [0, 0.1) is 5.41 Å². The fourth-order valence-electron chi connectivity index (χ4n) is 4.28. The maximum absolute atomic E-state index is 13.5. The van der Waals surface area contributed by atoms with Gasteiger partial charge < -0.3 is 34.5 Å². The highest BCUT2D eigenvalue weighted by atomic mass is 16.6. The van der Waals surface area contributed by atoms with E-state index in [9.17, 15) is 14.4 Å². The molecule has 0 bridgehead atoms. The number of hydrogen-bond acceptors (Lipinski definition) is 8. The number of nitrogen functional groups attached to an aromatic ring is 1. The van der Waals surface area contributed by atoms with Crippen LogP contribution >= 0.6 is 0 Å². The number of esters is 1. The summed E-state index contributed by atoms with van der Waals surface area (Å²) < 4.78 is 22.2. The number of piperazine rings is 1. The minimum absolute atomic E-state index is 0.0526. The minimum Gasteiger partial charge on any atom is -0.489 e. The van der Waals surface area contributed by atoms with Crippen LogP contribution in [0.1, 0.15) is 45.7 Å². The smallest absolute Gasteiger partial charge is 0.409 e. The Morgan fingerprint density at radius 1 is 0.738 bits per heavy atom. The number of carbonyl (C=O) groups is 3. The highest BCUT2D eigenvalue weighted by Crippen LogP contribution is 2.29. The molecule has 42 heavy (non-hydrogen) atoms. The number of nitrogens with two attached hydrogens (primary N) is 1. The number of amides is 2. The summed E-state index contributed by atoms with van der Waals surface area (Å²) in [7, 11) is 0. The van der Waals surface area contributed by atoms with Gasteiger partial charge in [-0.1, -0.05) is 12.1 Å². The first-order valence-corrected chi connectivity index (χ1v) is 13.6. The number of rotatable bonds is 10. The lowest BCUT2D eigenvalue weighted by Gasteiger charge is -2.34. The molecular weight excluding hydrogens is 540 g/mol. The summed E-state index contributed by atoms with van der Waals surface area (Å²) in [5.74, 6) is 0.623. The van der Waals surface area contributed by atoms with Crippen molar-refractivity contribution in [2.75, 3.05) is 39.4 Å². The van der Waals surface area contributed by atoms with Crippen molar-refractivity contribution in [2.24, 2.45) is 5.73 Å².